The number of rotatable bonds is 4. The first-order chi connectivity index (χ1) is 10.1. The average Bonchev–Trinajstić information content (AvgIpc) is 2.99. The van der Waals surface area contributed by atoms with Gasteiger partial charge in [0.25, 0.3) is 0 Å². The lowest BCUT2D eigenvalue weighted by atomic mass is 10.1. The first-order valence-corrected chi connectivity index (χ1v) is 8.95. The molecule has 2 saturated heterocycles. The van der Waals surface area contributed by atoms with E-state index in [0.29, 0.717) is 18.2 Å². The van der Waals surface area contributed by atoms with E-state index in [0.717, 1.165) is 19.6 Å². The Morgan fingerprint density at radius 2 is 2.10 bits per heavy atom. The summed E-state index contributed by atoms with van der Waals surface area (Å²) in [4.78, 5) is 11.0. The fourth-order valence-electron chi connectivity index (χ4n) is 3.72. The Morgan fingerprint density at radius 3 is 2.76 bits per heavy atom. The fraction of sp³-hybridized carbons (Fsp3) is 0.812. The van der Waals surface area contributed by atoms with Crippen molar-refractivity contribution in [2.75, 3.05) is 26.2 Å². The Kier molecular flexibility index (Phi) is 4.94. The number of likely N-dealkylation sites (tertiary alicyclic amines) is 1. The lowest BCUT2D eigenvalue weighted by Gasteiger charge is -2.38. The summed E-state index contributed by atoms with van der Waals surface area (Å²) in [5.74, 6) is 0. The number of aromatic nitrogens is 1. The van der Waals surface area contributed by atoms with Gasteiger partial charge in [0.05, 0.1) is 17.2 Å². The maximum atomic E-state index is 5.84. The van der Waals surface area contributed by atoms with Gasteiger partial charge in [0.2, 0.25) is 0 Å². The third-order valence-corrected chi connectivity index (χ3v) is 5.39. The number of morpholine rings is 1. The van der Waals surface area contributed by atoms with Crippen molar-refractivity contribution in [1.82, 2.24) is 14.8 Å². The highest BCUT2D eigenvalue weighted by Crippen LogP contribution is 2.24. The van der Waals surface area contributed by atoms with Crippen LogP contribution in [0.15, 0.2) is 6.20 Å². The maximum absolute atomic E-state index is 5.84. The number of ether oxygens (including phenoxy) is 1. The first-order valence-electron chi connectivity index (χ1n) is 8.13. The molecule has 21 heavy (non-hydrogen) atoms. The van der Waals surface area contributed by atoms with Gasteiger partial charge in [-0.15, -0.1) is 11.3 Å². The zero-order valence-electron chi connectivity index (χ0n) is 13.4. The minimum absolute atomic E-state index is 0.368. The van der Waals surface area contributed by atoms with E-state index in [1.807, 2.05) is 17.5 Å². The first kappa shape index (κ1) is 15.4. The smallest absolute Gasteiger partial charge is 0.0897 e. The summed E-state index contributed by atoms with van der Waals surface area (Å²) >= 11 is 1.84. The number of hydrogen-bond acceptors (Lipinski definition) is 5. The molecule has 2 aliphatic heterocycles. The second-order valence-electron chi connectivity index (χ2n) is 6.59. The summed E-state index contributed by atoms with van der Waals surface area (Å²) in [6, 6.07) is 0.699. The quantitative estimate of drug-likeness (QED) is 0.854. The number of nitrogens with zero attached hydrogens (tertiary/aromatic N) is 3. The largest absolute Gasteiger partial charge is 0.373 e. The van der Waals surface area contributed by atoms with Gasteiger partial charge in [-0.05, 0) is 40.2 Å². The standard InChI is InChI=1S/C16H27N3OS/c1-12-8-18(9-13(2)20-12)10-15-5-4-6-19(15)11-16-7-17-14(3)21-16/h7,12-13,15H,4-6,8-11H2,1-3H3/t12-,13+,15-/m1/s1. The van der Waals surface area contributed by atoms with Crippen LogP contribution < -0.4 is 0 Å². The summed E-state index contributed by atoms with van der Waals surface area (Å²) in [6.45, 7) is 12.1. The molecule has 0 amide bonds. The second-order valence-corrected chi connectivity index (χ2v) is 7.91. The number of aryl methyl sites for hydroxylation is 1. The molecular weight excluding hydrogens is 282 g/mol. The highest BCUT2D eigenvalue weighted by Gasteiger charge is 2.30. The second kappa shape index (κ2) is 6.73. The van der Waals surface area contributed by atoms with Crippen LogP contribution >= 0.6 is 11.3 Å². The van der Waals surface area contributed by atoms with Crippen molar-refractivity contribution >= 4 is 11.3 Å². The molecule has 2 aliphatic rings. The zero-order valence-corrected chi connectivity index (χ0v) is 14.2. The maximum Gasteiger partial charge on any atom is 0.0897 e. The summed E-state index contributed by atoms with van der Waals surface area (Å²) in [7, 11) is 0. The fourth-order valence-corrected chi connectivity index (χ4v) is 4.54. The van der Waals surface area contributed by atoms with Crippen LogP contribution in [0.3, 0.4) is 0 Å². The van der Waals surface area contributed by atoms with Crippen molar-refractivity contribution in [2.45, 2.75) is 58.4 Å². The van der Waals surface area contributed by atoms with Crippen LogP contribution in [-0.4, -0.2) is 59.2 Å². The van der Waals surface area contributed by atoms with Crippen molar-refractivity contribution < 1.29 is 4.74 Å². The Balaban J connectivity index is 1.56. The van der Waals surface area contributed by atoms with Crippen LogP contribution in [0, 0.1) is 6.92 Å². The van der Waals surface area contributed by atoms with E-state index in [9.17, 15) is 0 Å². The predicted molar refractivity (Wildman–Crippen MR) is 86.7 cm³/mol. The van der Waals surface area contributed by atoms with Crippen LogP contribution in [0.2, 0.25) is 0 Å². The molecule has 3 rings (SSSR count). The van der Waals surface area contributed by atoms with E-state index in [-0.39, 0.29) is 0 Å². The highest BCUT2D eigenvalue weighted by molar-refractivity contribution is 7.11. The SMILES string of the molecule is Cc1ncc(CN2CCC[C@@H]2CN2C[C@@H](C)O[C@@H](C)C2)s1. The minimum atomic E-state index is 0.368. The van der Waals surface area contributed by atoms with Crippen molar-refractivity contribution in [3.63, 3.8) is 0 Å². The van der Waals surface area contributed by atoms with E-state index < -0.39 is 0 Å². The van der Waals surface area contributed by atoms with E-state index in [1.54, 1.807) is 0 Å². The van der Waals surface area contributed by atoms with Gasteiger partial charge in [-0.1, -0.05) is 0 Å². The van der Waals surface area contributed by atoms with Crippen LogP contribution in [0.1, 0.15) is 36.6 Å². The molecule has 1 aromatic heterocycles. The molecule has 0 bridgehead atoms. The summed E-state index contributed by atoms with van der Waals surface area (Å²) in [5.41, 5.74) is 0. The van der Waals surface area contributed by atoms with Gasteiger partial charge in [-0.25, -0.2) is 4.98 Å². The normalized spacial score (nSPS) is 31.9. The molecule has 0 spiro atoms. The molecule has 0 aliphatic carbocycles. The Bertz CT molecular complexity index is 454. The monoisotopic (exact) mass is 309 g/mol. The lowest BCUT2D eigenvalue weighted by Crippen LogP contribution is -2.49. The molecule has 0 unspecified atom stereocenters. The van der Waals surface area contributed by atoms with E-state index in [1.165, 1.54) is 35.8 Å². The molecule has 4 nitrogen and oxygen atoms in total. The average molecular weight is 309 g/mol. The van der Waals surface area contributed by atoms with Crippen LogP contribution in [0.5, 0.6) is 0 Å². The van der Waals surface area contributed by atoms with E-state index >= 15 is 0 Å². The lowest BCUT2D eigenvalue weighted by molar-refractivity contribution is -0.0724. The van der Waals surface area contributed by atoms with Gasteiger partial charge in [-0.3, -0.25) is 9.80 Å². The third-order valence-electron chi connectivity index (χ3n) is 4.49. The summed E-state index contributed by atoms with van der Waals surface area (Å²) < 4.78 is 5.84. The van der Waals surface area contributed by atoms with Gasteiger partial charge in [0, 0.05) is 43.3 Å². The molecule has 0 N–H and O–H groups in total. The third kappa shape index (κ3) is 4.03. The molecule has 118 valence electrons. The Labute approximate surface area is 132 Å². The van der Waals surface area contributed by atoms with Gasteiger partial charge in [-0.2, -0.15) is 0 Å². The van der Waals surface area contributed by atoms with Crippen molar-refractivity contribution in [3.05, 3.63) is 16.1 Å². The molecule has 2 fully saturated rings. The van der Waals surface area contributed by atoms with Crippen molar-refractivity contribution in [3.8, 4) is 0 Å². The molecule has 1 aromatic rings. The molecule has 0 saturated carbocycles. The summed E-state index contributed by atoms with van der Waals surface area (Å²) in [5, 5.41) is 1.18. The number of hydrogen-bond donors (Lipinski definition) is 0. The molecular formula is C16H27N3OS. The van der Waals surface area contributed by atoms with Gasteiger partial charge in [0.15, 0.2) is 0 Å². The highest BCUT2D eigenvalue weighted by atomic mass is 32.1. The Morgan fingerprint density at radius 1 is 1.33 bits per heavy atom. The van der Waals surface area contributed by atoms with E-state index in [4.69, 9.17) is 4.74 Å². The van der Waals surface area contributed by atoms with Crippen molar-refractivity contribution in [2.24, 2.45) is 0 Å². The van der Waals surface area contributed by atoms with Crippen LogP contribution in [0.4, 0.5) is 0 Å². The number of thiazole rings is 1. The minimum Gasteiger partial charge on any atom is -0.373 e. The van der Waals surface area contributed by atoms with Gasteiger partial charge < -0.3 is 4.74 Å². The molecule has 5 heteroatoms. The molecule has 0 aromatic carbocycles. The summed E-state index contributed by atoms with van der Waals surface area (Å²) in [6.07, 6.45) is 5.45. The van der Waals surface area contributed by atoms with Crippen LogP contribution in [0.25, 0.3) is 0 Å². The van der Waals surface area contributed by atoms with E-state index in [2.05, 4.69) is 35.6 Å². The molecule has 3 heterocycles. The predicted octanol–water partition coefficient (Wildman–Crippen LogP) is 2.53. The zero-order chi connectivity index (χ0) is 14.8. The Hall–Kier alpha value is -0.490. The molecule has 3 atom stereocenters. The molecule has 0 radical (unpaired) electrons. The van der Waals surface area contributed by atoms with Gasteiger partial charge >= 0.3 is 0 Å². The van der Waals surface area contributed by atoms with Crippen LogP contribution in [-0.2, 0) is 11.3 Å². The topological polar surface area (TPSA) is 28.6 Å². The van der Waals surface area contributed by atoms with Crippen molar-refractivity contribution in [1.29, 1.82) is 0 Å². The van der Waals surface area contributed by atoms with Gasteiger partial charge in [0.1, 0.15) is 0 Å².